The van der Waals surface area contributed by atoms with Crippen LogP contribution in [0.4, 0.5) is 0 Å². The van der Waals surface area contributed by atoms with Gasteiger partial charge in [0.2, 0.25) is 0 Å². The maximum absolute atomic E-state index is 11.5. The molecule has 0 unspecified atom stereocenters. The van der Waals surface area contributed by atoms with E-state index in [2.05, 4.69) is 19.9 Å². The van der Waals surface area contributed by atoms with E-state index in [1.807, 2.05) is 26.0 Å². The Kier molecular flexibility index (Phi) is 3.89. The van der Waals surface area contributed by atoms with Crippen molar-refractivity contribution >= 4 is 5.97 Å². The fraction of sp³-hybridized carbons (Fsp3) is 0.462. The van der Waals surface area contributed by atoms with E-state index in [4.69, 9.17) is 4.74 Å². The smallest absolute Gasteiger partial charge is 0.338 e. The minimum Gasteiger partial charge on any atom is -0.462 e. The van der Waals surface area contributed by atoms with Crippen LogP contribution >= 0.6 is 0 Å². The van der Waals surface area contributed by atoms with Crippen molar-refractivity contribution in [3.8, 4) is 0 Å². The van der Waals surface area contributed by atoms with Gasteiger partial charge in [0.25, 0.3) is 0 Å². The minimum atomic E-state index is -0.233. The highest BCUT2D eigenvalue weighted by atomic mass is 16.5. The molecule has 0 aromatic heterocycles. The van der Waals surface area contributed by atoms with Gasteiger partial charge in [0.05, 0.1) is 12.2 Å². The van der Waals surface area contributed by atoms with Crippen molar-refractivity contribution < 1.29 is 9.53 Å². The van der Waals surface area contributed by atoms with Crippen LogP contribution < -0.4 is 0 Å². The molecule has 1 aromatic rings. The Labute approximate surface area is 91.3 Å². The molecule has 0 spiro atoms. The zero-order valence-electron chi connectivity index (χ0n) is 9.83. The number of ether oxygens (including phenoxy) is 1. The molecule has 82 valence electrons. The predicted molar refractivity (Wildman–Crippen MR) is 61.2 cm³/mol. The van der Waals surface area contributed by atoms with Crippen LogP contribution in [0.5, 0.6) is 0 Å². The lowest BCUT2D eigenvalue weighted by Crippen LogP contribution is -2.06. The van der Waals surface area contributed by atoms with E-state index in [9.17, 15) is 4.79 Å². The second-order valence-electron chi connectivity index (χ2n) is 4.01. The van der Waals surface area contributed by atoms with E-state index < -0.39 is 0 Å². The summed E-state index contributed by atoms with van der Waals surface area (Å²) in [7, 11) is 0. The van der Waals surface area contributed by atoms with Crippen molar-refractivity contribution in [2.24, 2.45) is 0 Å². The molecule has 2 heteroatoms. The Morgan fingerprint density at radius 3 is 2.53 bits per heavy atom. The summed E-state index contributed by atoms with van der Waals surface area (Å²) in [6.07, 6.45) is 0. The quantitative estimate of drug-likeness (QED) is 0.709. The summed E-state index contributed by atoms with van der Waals surface area (Å²) in [6, 6.07) is 5.88. The molecule has 15 heavy (non-hydrogen) atoms. The third kappa shape index (κ3) is 3.08. The van der Waals surface area contributed by atoms with Crippen LogP contribution in [0.25, 0.3) is 0 Å². The normalized spacial score (nSPS) is 10.5. The molecule has 0 radical (unpaired) electrons. The third-order valence-electron chi connectivity index (χ3n) is 2.28. The first-order chi connectivity index (χ1) is 7.04. The van der Waals surface area contributed by atoms with Crippen molar-refractivity contribution in [2.45, 2.75) is 33.6 Å². The number of benzene rings is 1. The molecule has 0 bridgehead atoms. The lowest BCUT2D eigenvalue weighted by Gasteiger charge is -2.09. The lowest BCUT2D eigenvalue weighted by atomic mass is 9.98. The van der Waals surface area contributed by atoms with Crippen LogP contribution in [-0.4, -0.2) is 12.6 Å². The largest absolute Gasteiger partial charge is 0.462 e. The highest BCUT2D eigenvalue weighted by molar-refractivity contribution is 5.89. The van der Waals surface area contributed by atoms with Crippen molar-refractivity contribution in [1.82, 2.24) is 0 Å². The van der Waals surface area contributed by atoms with E-state index in [1.165, 1.54) is 5.56 Å². The average molecular weight is 206 g/mol. The van der Waals surface area contributed by atoms with Crippen molar-refractivity contribution in [2.75, 3.05) is 6.61 Å². The van der Waals surface area contributed by atoms with Gasteiger partial charge in [-0.2, -0.15) is 0 Å². The first-order valence-electron chi connectivity index (χ1n) is 5.33. The van der Waals surface area contributed by atoms with Gasteiger partial charge >= 0.3 is 5.97 Å². The highest BCUT2D eigenvalue weighted by Crippen LogP contribution is 2.18. The minimum absolute atomic E-state index is 0.233. The van der Waals surface area contributed by atoms with Crippen LogP contribution in [0.1, 0.15) is 48.2 Å². The zero-order valence-corrected chi connectivity index (χ0v) is 9.83. The number of hydrogen-bond acceptors (Lipinski definition) is 2. The van der Waals surface area contributed by atoms with Gasteiger partial charge in [0.15, 0.2) is 0 Å². The number of carbonyl (C=O) groups excluding carboxylic acids is 1. The molecule has 0 aliphatic rings. The molecule has 0 heterocycles. The highest BCUT2D eigenvalue weighted by Gasteiger charge is 2.09. The Morgan fingerprint density at radius 1 is 1.33 bits per heavy atom. The number of rotatable bonds is 3. The molecule has 0 N–H and O–H groups in total. The maximum atomic E-state index is 11.5. The number of aryl methyl sites for hydroxylation is 1. The van der Waals surface area contributed by atoms with E-state index in [0.29, 0.717) is 18.1 Å². The zero-order chi connectivity index (χ0) is 11.4. The first kappa shape index (κ1) is 11.8. The van der Waals surface area contributed by atoms with Crippen molar-refractivity contribution in [3.05, 3.63) is 34.9 Å². The molecule has 2 nitrogen and oxygen atoms in total. The molecule has 0 fully saturated rings. The molecule has 0 aliphatic carbocycles. The first-order valence-corrected chi connectivity index (χ1v) is 5.33. The standard InChI is InChI=1S/C13H18O2/c1-5-15-13(14)12-7-10(4)6-11(8-12)9(2)3/h6-9H,5H2,1-4H3. The van der Waals surface area contributed by atoms with Gasteiger partial charge in [-0.25, -0.2) is 4.79 Å². The molecule has 0 amide bonds. The number of carbonyl (C=O) groups is 1. The SMILES string of the molecule is CCOC(=O)c1cc(C)cc(C(C)C)c1. The molecule has 0 saturated carbocycles. The van der Waals surface area contributed by atoms with Gasteiger partial charge in [-0.1, -0.05) is 19.9 Å². The predicted octanol–water partition coefficient (Wildman–Crippen LogP) is 3.30. The van der Waals surface area contributed by atoms with Crippen LogP contribution in [0.2, 0.25) is 0 Å². The molecular weight excluding hydrogens is 188 g/mol. The Hall–Kier alpha value is -1.31. The summed E-state index contributed by atoms with van der Waals surface area (Å²) in [5, 5.41) is 0. The van der Waals surface area contributed by atoms with Gasteiger partial charge in [-0.15, -0.1) is 0 Å². The van der Waals surface area contributed by atoms with Crippen LogP contribution in [0, 0.1) is 6.92 Å². The van der Waals surface area contributed by atoms with E-state index in [0.717, 1.165) is 5.56 Å². The van der Waals surface area contributed by atoms with Crippen LogP contribution in [0.15, 0.2) is 18.2 Å². The fourth-order valence-electron chi connectivity index (χ4n) is 1.48. The Bertz CT molecular complexity index is 354. The summed E-state index contributed by atoms with van der Waals surface area (Å²) in [4.78, 5) is 11.5. The number of hydrogen-bond donors (Lipinski definition) is 0. The Morgan fingerprint density at radius 2 is 2.00 bits per heavy atom. The lowest BCUT2D eigenvalue weighted by molar-refractivity contribution is 0.0526. The van der Waals surface area contributed by atoms with Gasteiger partial charge in [0, 0.05) is 0 Å². The summed E-state index contributed by atoms with van der Waals surface area (Å²) >= 11 is 0. The summed E-state index contributed by atoms with van der Waals surface area (Å²) in [5.74, 6) is 0.196. The van der Waals surface area contributed by atoms with E-state index in [-0.39, 0.29) is 5.97 Å². The summed E-state index contributed by atoms with van der Waals surface area (Å²) in [5.41, 5.74) is 2.93. The van der Waals surface area contributed by atoms with Crippen molar-refractivity contribution in [1.29, 1.82) is 0 Å². The topological polar surface area (TPSA) is 26.3 Å². The van der Waals surface area contributed by atoms with Gasteiger partial charge in [0.1, 0.15) is 0 Å². The van der Waals surface area contributed by atoms with E-state index >= 15 is 0 Å². The monoisotopic (exact) mass is 206 g/mol. The molecule has 0 atom stereocenters. The fourth-order valence-corrected chi connectivity index (χ4v) is 1.48. The summed E-state index contributed by atoms with van der Waals surface area (Å²) in [6.45, 7) is 8.46. The molecular formula is C13H18O2. The number of esters is 1. The third-order valence-corrected chi connectivity index (χ3v) is 2.28. The molecule has 1 rings (SSSR count). The average Bonchev–Trinajstić information content (AvgIpc) is 2.17. The maximum Gasteiger partial charge on any atom is 0.338 e. The molecule has 0 saturated heterocycles. The second kappa shape index (κ2) is 4.96. The summed E-state index contributed by atoms with van der Waals surface area (Å²) < 4.78 is 4.98. The van der Waals surface area contributed by atoms with Crippen LogP contribution in [-0.2, 0) is 4.74 Å². The van der Waals surface area contributed by atoms with Crippen molar-refractivity contribution in [3.63, 3.8) is 0 Å². The van der Waals surface area contributed by atoms with Gasteiger partial charge in [-0.05, 0) is 43.0 Å². The molecule has 0 aliphatic heterocycles. The van der Waals surface area contributed by atoms with Gasteiger partial charge in [-0.3, -0.25) is 0 Å². The van der Waals surface area contributed by atoms with Gasteiger partial charge < -0.3 is 4.74 Å². The Balaban J connectivity index is 3.03. The second-order valence-corrected chi connectivity index (χ2v) is 4.01. The molecule has 1 aromatic carbocycles. The van der Waals surface area contributed by atoms with Crippen LogP contribution in [0.3, 0.4) is 0 Å². The van der Waals surface area contributed by atoms with E-state index in [1.54, 1.807) is 0 Å².